The largest absolute Gasteiger partial charge is 0.383 e. The van der Waals surface area contributed by atoms with E-state index in [2.05, 4.69) is 20.1 Å². The third kappa shape index (κ3) is 3.14. The minimum absolute atomic E-state index is 0.125. The van der Waals surface area contributed by atoms with Gasteiger partial charge in [0.25, 0.3) is 18.1 Å². The number of carbonyl (C=O) groups is 1. The van der Waals surface area contributed by atoms with E-state index < -0.39 is 6.43 Å². The van der Waals surface area contributed by atoms with E-state index in [0.29, 0.717) is 24.3 Å². The monoisotopic (exact) mass is 387 g/mol. The first-order chi connectivity index (χ1) is 13.5. The summed E-state index contributed by atoms with van der Waals surface area (Å²) in [4.78, 5) is 26.4. The molecule has 1 amide bonds. The van der Waals surface area contributed by atoms with E-state index in [1.54, 1.807) is 17.0 Å². The number of hydrogen-bond donors (Lipinski definition) is 1. The van der Waals surface area contributed by atoms with Crippen LogP contribution in [-0.4, -0.2) is 48.5 Å². The van der Waals surface area contributed by atoms with E-state index in [0.717, 1.165) is 6.42 Å². The molecule has 2 N–H and O–H groups in total. The molecule has 28 heavy (non-hydrogen) atoms. The van der Waals surface area contributed by atoms with Crippen molar-refractivity contribution in [1.82, 2.24) is 29.5 Å². The maximum absolute atomic E-state index is 13.3. The Morgan fingerprint density at radius 2 is 2.18 bits per heavy atom. The van der Waals surface area contributed by atoms with Gasteiger partial charge in [0.15, 0.2) is 0 Å². The van der Waals surface area contributed by atoms with Crippen LogP contribution in [0.2, 0.25) is 0 Å². The lowest BCUT2D eigenvalue weighted by atomic mass is 9.84. The van der Waals surface area contributed by atoms with Crippen LogP contribution < -0.4 is 5.73 Å². The number of aromatic nitrogens is 5. The van der Waals surface area contributed by atoms with Gasteiger partial charge in [-0.25, -0.2) is 23.3 Å². The van der Waals surface area contributed by atoms with Crippen LogP contribution in [-0.2, 0) is 0 Å². The summed E-state index contributed by atoms with van der Waals surface area (Å²) in [5.74, 6) is 0.0431. The second kappa shape index (κ2) is 7.10. The number of carbonyl (C=O) groups excluding carboxylic acids is 1. The molecule has 2 atom stereocenters. The Labute approximate surface area is 159 Å². The molecule has 0 bridgehead atoms. The molecule has 0 aromatic carbocycles. The zero-order chi connectivity index (χ0) is 19.8. The molecule has 3 aromatic heterocycles. The average molecular weight is 387 g/mol. The van der Waals surface area contributed by atoms with Gasteiger partial charge >= 0.3 is 0 Å². The number of nitrogens with zero attached hydrogens (tertiary/aromatic N) is 6. The standard InChI is InChI=1S/C18H19F2N7O/c1-10-4-6-26(17(28)11-3-2-5-22-16(11)21)8-12(10)14-7-13(15(19)20)25-18-23-9-24-27(14)18/h2-3,5,7,9-10,12,15H,4,6,8H2,1H3,(H2,21,22)/t10-,12-/m1/s1. The Bertz CT molecular complexity index is 1020. The second-order valence-electron chi connectivity index (χ2n) is 6.94. The zero-order valence-corrected chi connectivity index (χ0v) is 15.2. The summed E-state index contributed by atoms with van der Waals surface area (Å²) < 4.78 is 28.1. The molecule has 0 aliphatic carbocycles. The molecule has 10 heteroatoms. The number of halogens is 2. The van der Waals surface area contributed by atoms with Crippen LogP contribution in [0.5, 0.6) is 0 Å². The van der Waals surface area contributed by atoms with Gasteiger partial charge in [-0.3, -0.25) is 4.79 Å². The lowest BCUT2D eigenvalue weighted by molar-refractivity contribution is 0.0666. The summed E-state index contributed by atoms with van der Waals surface area (Å²) in [6.07, 6.45) is 0.817. The highest BCUT2D eigenvalue weighted by Gasteiger charge is 2.33. The summed E-state index contributed by atoms with van der Waals surface area (Å²) in [7, 11) is 0. The third-order valence-electron chi connectivity index (χ3n) is 5.22. The summed E-state index contributed by atoms with van der Waals surface area (Å²) in [6.45, 7) is 2.95. The number of rotatable bonds is 3. The number of hydrogen-bond acceptors (Lipinski definition) is 6. The van der Waals surface area contributed by atoms with E-state index in [1.807, 2.05) is 6.92 Å². The lowest BCUT2D eigenvalue weighted by Gasteiger charge is -2.37. The van der Waals surface area contributed by atoms with Gasteiger partial charge in [0.05, 0.1) is 11.3 Å². The lowest BCUT2D eigenvalue weighted by Crippen LogP contribution is -2.43. The van der Waals surface area contributed by atoms with Crippen molar-refractivity contribution in [2.24, 2.45) is 5.92 Å². The molecule has 4 heterocycles. The Morgan fingerprint density at radius 1 is 1.36 bits per heavy atom. The summed E-state index contributed by atoms with van der Waals surface area (Å²) in [5.41, 5.74) is 6.41. The van der Waals surface area contributed by atoms with E-state index in [9.17, 15) is 13.6 Å². The fraction of sp³-hybridized carbons (Fsp3) is 0.389. The molecule has 1 aliphatic heterocycles. The fourth-order valence-corrected chi connectivity index (χ4v) is 3.64. The van der Waals surface area contributed by atoms with Crippen molar-refractivity contribution in [3.05, 3.63) is 47.7 Å². The van der Waals surface area contributed by atoms with Crippen LogP contribution in [0.3, 0.4) is 0 Å². The van der Waals surface area contributed by atoms with Crippen molar-refractivity contribution in [2.45, 2.75) is 25.7 Å². The van der Waals surface area contributed by atoms with E-state index >= 15 is 0 Å². The minimum Gasteiger partial charge on any atom is -0.383 e. The van der Waals surface area contributed by atoms with E-state index in [4.69, 9.17) is 5.73 Å². The Morgan fingerprint density at radius 3 is 2.93 bits per heavy atom. The van der Waals surface area contributed by atoms with E-state index in [1.165, 1.54) is 23.1 Å². The fourth-order valence-electron chi connectivity index (χ4n) is 3.64. The van der Waals surface area contributed by atoms with Crippen molar-refractivity contribution in [1.29, 1.82) is 0 Å². The Kier molecular flexibility index (Phi) is 4.62. The zero-order valence-electron chi connectivity index (χ0n) is 15.2. The van der Waals surface area contributed by atoms with Crippen molar-refractivity contribution < 1.29 is 13.6 Å². The summed E-state index contributed by atoms with van der Waals surface area (Å²) >= 11 is 0. The van der Waals surface area contributed by atoms with Gasteiger partial charge in [-0.2, -0.15) is 10.1 Å². The molecule has 4 rings (SSSR count). The normalized spacial score (nSPS) is 20.1. The number of nitrogens with two attached hydrogens (primary N) is 1. The highest BCUT2D eigenvalue weighted by Crippen LogP contribution is 2.34. The Balaban J connectivity index is 1.70. The van der Waals surface area contributed by atoms with Gasteiger partial charge in [0.2, 0.25) is 0 Å². The van der Waals surface area contributed by atoms with Crippen LogP contribution in [0.1, 0.15) is 47.4 Å². The molecular formula is C18H19F2N7O. The molecule has 3 aromatic rings. The first kappa shape index (κ1) is 18.2. The quantitative estimate of drug-likeness (QED) is 0.740. The first-order valence-corrected chi connectivity index (χ1v) is 8.94. The van der Waals surface area contributed by atoms with Crippen molar-refractivity contribution >= 4 is 17.5 Å². The molecule has 8 nitrogen and oxygen atoms in total. The molecule has 146 valence electrons. The molecule has 1 fully saturated rings. The predicted octanol–water partition coefficient (Wildman–Crippen LogP) is 2.30. The minimum atomic E-state index is -2.72. The van der Waals surface area contributed by atoms with Crippen molar-refractivity contribution in [2.75, 3.05) is 18.8 Å². The smallest absolute Gasteiger partial charge is 0.280 e. The number of anilines is 1. The molecule has 0 unspecified atom stereocenters. The maximum Gasteiger partial charge on any atom is 0.280 e. The molecule has 1 saturated heterocycles. The number of nitrogen functional groups attached to an aromatic ring is 1. The van der Waals surface area contributed by atoms with E-state index in [-0.39, 0.29) is 35.0 Å². The number of alkyl halides is 2. The van der Waals surface area contributed by atoms with Crippen molar-refractivity contribution in [3.8, 4) is 0 Å². The molecule has 0 spiro atoms. The van der Waals surface area contributed by atoms with Gasteiger partial charge in [-0.15, -0.1) is 0 Å². The third-order valence-corrected chi connectivity index (χ3v) is 5.22. The van der Waals surface area contributed by atoms with Gasteiger partial charge in [-0.05, 0) is 30.5 Å². The number of piperidine rings is 1. The van der Waals surface area contributed by atoms with Crippen LogP contribution in [0.25, 0.3) is 5.78 Å². The Hall–Kier alpha value is -3.17. The molecule has 0 saturated carbocycles. The number of fused-ring (bicyclic) bond motifs is 1. The maximum atomic E-state index is 13.3. The summed E-state index contributed by atoms with van der Waals surface area (Å²) in [5, 5.41) is 4.14. The van der Waals surface area contributed by atoms with Crippen LogP contribution in [0, 0.1) is 5.92 Å². The topological polar surface area (TPSA) is 102 Å². The van der Waals surface area contributed by atoms with Gasteiger partial charge in [0, 0.05) is 25.2 Å². The molecule has 1 aliphatic rings. The second-order valence-corrected chi connectivity index (χ2v) is 6.94. The number of amides is 1. The van der Waals surface area contributed by atoms with Crippen LogP contribution in [0.4, 0.5) is 14.6 Å². The molecule has 0 radical (unpaired) electrons. The average Bonchev–Trinajstić information content (AvgIpc) is 3.16. The number of pyridine rings is 1. The molecular weight excluding hydrogens is 368 g/mol. The van der Waals surface area contributed by atoms with Gasteiger partial charge in [-0.1, -0.05) is 6.92 Å². The summed E-state index contributed by atoms with van der Waals surface area (Å²) in [6, 6.07) is 4.65. The van der Waals surface area contributed by atoms with Crippen LogP contribution in [0.15, 0.2) is 30.7 Å². The van der Waals surface area contributed by atoms with Crippen molar-refractivity contribution in [3.63, 3.8) is 0 Å². The van der Waals surface area contributed by atoms with Crippen LogP contribution >= 0.6 is 0 Å². The van der Waals surface area contributed by atoms with Gasteiger partial charge in [0.1, 0.15) is 17.8 Å². The highest BCUT2D eigenvalue weighted by molar-refractivity contribution is 5.98. The predicted molar refractivity (Wildman–Crippen MR) is 96.8 cm³/mol. The highest BCUT2D eigenvalue weighted by atomic mass is 19.3. The SMILES string of the molecule is C[C@@H]1CCN(C(=O)c2cccnc2N)C[C@H]1c1cc(C(F)F)nc2ncnn12. The number of likely N-dealkylation sites (tertiary alicyclic amines) is 1. The van der Waals surface area contributed by atoms with Gasteiger partial charge < -0.3 is 10.6 Å². The first-order valence-electron chi connectivity index (χ1n) is 8.94.